The van der Waals surface area contributed by atoms with E-state index in [9.17, 15) is 14.9 Å². The van der Waals surface area contributed by atoms with E-state index in [0.717, 1.165) is 25.9 Å². The van der Waals surface area contributed by atoms with E-state index in [1.54, 1.807) is 4.57 Å². The van der Waals surface area contributed by atoms with E-state index >= 15 is 0 Å². The van der Waals surface area contributed by atoms with Gasteiger partial charge in [-0.3, -0.25) is 14.3 Å². The first-order valence-corrected chi connectivity index (χ1v) is 8.20. The third-order valence-corrected chi connectivity index (χ3v) is 4.52. The zero-order chi connectivity index (χ0) is 17.3. The Morgan fingerprint density at radius 3 is 2.83 bits per heavy atom. The Kier molecular flexibility index (Phi) is 4.44. The van der Waals surface area contributed by atoms with E-state index in [2.05, 4.69) is 9.88 Å². The van der Waals surface area contributed by atoms with Crippen molar-refractivity contribution in [2.75, 3.05) is 26.2 Å². The lowest BCUT2D eigenvalue weighted by Gasteiger charge is -2.35. The maximum absolute atomic E-state index is 11.8. The molecule has 132 valence electrons. The maximum Gasteiger partial charge on any atom is 0.415 e. The van der Waals surface area contributed by atoms with Crippen molar-refractivity contribution < 1.29 is 19.2 Å². The molecule has 0 aromatic carbocycles. The molecule has 0 aliphatic carbocycles. The van der Waals surface area contributed by atoms with Gasteiger partial charge in [-0.25, -0.2) is 0 Å². The molecule has 2 aliphatic heterocycles. The Labute approximate surface area is 139 Å². The highest BCUT2D eigenvalue weighted by molar-refractivity contribution is 5.72. The van der Waals surface area contributed by atoms with Crippen LogP contribution in [-0.4, -0.2) is 57.2 Å². The number of carbonyl (C=O) groups is 1. The van der Waals surface area contributed by atoms with Gasteiger partial charge in [-0.15, -0.1) is 0 Å². The average Bonchev–Trinajstić information content (AvgIpc) is 3.03. The smallest absolute Gasteiger partial charge is 0.415 e. The topological polar surface area (TPSA) is 99.7 Å². The van der Waals surface area contributed by atoms with Crippen molar-refractivity contribution in [2.45, 2.75) is 38.8 Å². The average molecular weight is 338 g/mol. The SMILES string of the molecule is CCOC(=O)C1CCN(CC2(C)Cn3cc([N+](=O)[O-])nc3O2)CC1. The van der Waals surface area contributed by atoms with Crippen molar-refractivity contribution in [3.63, 3.8) is 0 Å². The Balaban J connectivity index is 1.53. The number of aromatic nitrogens is 2. The van der Waals surface area contributed by atoms with Crippen LogP contribution in [0.5, 0.6) is 6.01 Å². The molecule has 24 heavy (non-hydrogen) atoms. The Bertz CT molecular complexity index is 612. The number of esters is 1. The molecule has 3 rings (SSSR count). The highest BCUT2D eigenvalue weighted by atomic mass is 16.6. The summed E-state index contributed by atoms with van der Waals surface area (Å²) in [6.07, 6.45) is 2.98. The highest BCUT2D eigenvalue weighted by Crippen LogP contribution is 2.32. The Morgan fingerprint density at radius 2 is 2.25 bits per heavy atom. The van der Waals surface area contributed by atoms with E-state index in [4.69, 9.17) is 9.47 Å². The zero-order valence-corrected chi connectivity index (χ0v) is 13.9. The van der Waals surface area contributed by atoms with Gasteiger partial charge in [-0.1, -0.05) is 0 Å². The molecule has 9 heteroatoms. The molecular formula is C15H22N4O5. The molecule has 3 heterocycles. The third-order valence-electron chi connectivity index (χ3n) is 4.52. The van der Waals surface area contributed by atoms with Gasteiger partial charge in [0.1, 0.15) is 11.8 Å². The fraction of sp³-hybridized carbons (Fsp3) is 0.733. The number of nitro groups is 1. The van der Waals surface area contributed by atoms with Crippen molar-refractivity contribution in [1.82, 2.24) is 14.5 Å². The maximum atomic E-state index is 11.8. The quantitative estimate of drug-likeness (QED) is 0.452. The summed E-state index contributed by atoms with van der Waals surface area (Å²) < 4.78 is 12.6. The minimum atomic E-state index is -0.522. The van der Waals surface area contributed by atoms with Crippen molar-refractivity contribution in [1.29, 1.82) is 0 Å². The van der Waals surface area contributed by atoms with Crippen LogP contribution in [0.4, 0.5) is 5.82 Å². The number of carbonyl (C=O) groups excluding carboxylic acids is 1. The van der Waals surface area contributed by atoms with Crippen molar-refractivity contribution in [2.24, 2.45) is 5.92 Å². The number of fused-ring (bicyclic) bond motifs is 1. The normalized spacial score (nSPS) is 24.4. The van der Waals surface area contributed by atoms with Crippen LogP contribution in [0.2, 0.25) is 0 Å². The third kappa shape index (κ3) is 3.35. The second-order valence-corrected chi connectivity index (χ2v) is 6.62. The molecule has 9 nitrogen and oxygen atoms in total. The molecule has 0 bridgehead atoms. The zero-order valence-electron chi connectivity index (χ0n) is 13.9. The van der Waals surface area contributed by atoms with Gasteiger partial charge in [-0.2, -0.15) is 0 Å². The van der Waals surface area contributed by atoms with E-state index in [-0.39, 0.29) is 17.7 Å². The lowest BCUT2D eigenvalue weighted by Crippen LogP contribution is -2.48. The molecule has 0 amide bonds. The molecule has 0 radical (unpaired) electrons. The molecule has 1 aromatic heterocycles. The minimum Gasteiger partial charge on any atom is -0.466 e. The summed E-state index contributed by atoms with van der Waals surface area (Å²) in [6.45, 7) is 7.06. The van der Waals surface area contributed by atoms with Gasteiger partial charge < -0.3 is 19.6 Å². The molecule has 0 saturated carbocycles. The van der Waals surface area contributed by atoms with Gasteiger partial charge in [0.25, 0.3) is 0 Å². The standard InChI is InChI=1S/C15H22N4O5/c1-3-23-13(20)11-4-6-17(7-5-11)9-15(2)10-18-8-12(19(21)22)16-14(18)24-15/h8,11H,3-7,9-10H2,1-2H3. The van der Waals surface area contributed by atoms with Crippen LogP contribution >= 0.6 is 0 Å². The molecule has 1 unspecified atom stereocenters. The van der Waals surface area contributed by atoms with Crippen molar-refractivity contribution in [3.05, 3.63) is 16.3 Å². The predicted octanol–water partition coefficient (Wildman–Crippen LogP) is 1.22. The summed E-state index contributed by atoms with van der Waals surface area (Å²) >= 11 is 0. The highest BCUT2D eigenvalue weighted by Gasteiger charge is 2.42. The number of ether oxygens (including phenoxy) is 2. The van der Waals surface area contributed by atoms with Crippen LogP contribution in [-0.2, 0) is 16.1 Å². The van der Waals surface area contributed by atoms with Crippen LogP contribution in [0.15, 0.2) is 6.20 Å². The van der Waals surface area contributed by atoms with Gasteiger partial charge in [-0.05, 0) is 44.7 Å². The van der Waals surface area contributed by atoms with Crippen LogP contribution in [0.1, 0.15) is 26.7 Å². The fourth-order valence-electron chi connectivity index (χ4n) is 3.42. The van der Waals surface area contributed by atoms with Gasteiger partial charge in [0.15, 0.2) is 0 Å². The molecule has 1 atom stereocenters. The van der Waals surface area contributed by atoms with Gasteiger partial charge >= 0.3 is 17.8 Å². The van der Waals surface area contributed by atoms with E-state index in [0.29, 0.717) is 25.7 Å². The summed E-state index contributed by atoms with van der Waals surface area (Å²) in [7, 11) is 0. The number of hydrogen-bond acceptors (Lipinski definition) is 7. The second-order valence-electron chi connectivity index (χ2n) is 6.62. The van der Waals surface area contributed by atoms with Gasteiger partial charge in [0.2, 0.25) is 0 Å². The summed E-state index contributed by atoms with van der Waals surface area (Å²) in [4.78, 5) is 28.2. The molecule has 1 fully saturated rings. The Morgan fingerprint density at radius 1 is 1.54 bits per heavy atom. The second kappa shape index (κ2) is 6.39. The fourth-order valence-corrected chi connectivity index (χ4v) is 3.42. The minimum absolute atomic E-state index is 0.0170. The van der Waals surface area contributed by atoms with E-state index in [1.165, 1.54) is 6.20 Å². The molecule has 0 spiro atoms. The molecule has 1 saturated heterocycles. The summed E-state index contributed by atoms with van der Waals surface area (Å²) in [5.74, 6) is -0.313. The van der Waals surface area contributed by atoms with Crippen molar-refractivity contribution in [3.8, 4) is 6.01 Å². The Hall–Kier alpha value is -2.16. The first-order chi connectivity index (χ1) is 11.4. The molecule has 0 N–H and O–H groups in total. The number of imidazole rings is 1. The molecule has 2 aliphatic rings. The van der Waals surface area contributed by atoms with E-state index < -0.39 is 10.5 Å². The summed E-state index contributed by atoms with van der Waals surface area (Å²) in [6, 6.07) is 0.297. The first kappa shape index (κ1) is 16.7. The summed E-state index contributed by atoms with van der Waals surface area (Å²) in [5, 5.41) is 10.7. The van der Waals surface area contributed by atoms with Crippen LogP contribution in [0.25, 0.3) is 0 Å². The lowest BCUT2D eigenvalue weighted by molar-refractivity contribution is -0.389. The van der Waals surface area contributed by atoms with Crippen LogP contribution < -0.4 is 4.74 Å². The van der Waals surface area contributed by atoms with Gasteiger partial charge in [0.05, 0.1) is 19.1 Å². The summed E-state index contributed by atoms with van der Waals surface area (Å²) in [5.41, 5.74) is -0.464. The molecular weight excluding hydrogens is 316 g/mol. The largest absolute Gasteiger partial charge is 0.466 e. The van der Waals surface area contributed by atoms with Crippen LogP contribution in [0, 0.1) is 16.0 Å². The monoisotopic (exact) mass is 338 g/mol. The number of rotatable bonds is 5. The van der Waals surface area contributed by atoms with Crippen LogP contribution in [0.3, 0.4) is 0 Å². The number of piperidine rings is 1. The lowest BCUT2D eigenvalue weighted by atomic mass is 9.95. The predicted molar refractivity (Wildman–Crippen MR) is 83.7 cm³/mol. The van der Waals surface area contributed by atoms with Crippen molar-refractivity contribution >= 4 is 11.8 Å². The van der Waals surface area contributed by atoms with E-state index in [1.807, 2.05) is 13.8 Å². The number of nitrogens with zero attached hydrogens (tertiary/aromatic N) is 4. The number of hydrogen-bond donors (Lipinski definition) is 0. The molecule has 1 aromatic rings. The first-order valence-electron chi connectivity index (χ1n) is 8.20. The number of likely N-dealkylation sites (tertiary alicyclic amines) is 1. The van der Waals surface area contributed by atoms with Gasteiger partial charge in [0, 0.05) is 11.5 Å².